The minimum Gasteiger partial charge on any atom is -0.538 e. The van der Waals surface area contributed by atoms with Gasteiger partial charge in [-0.1, -0.05) is 0 Å². The number of rotatable bonds is 1. The first-order valence-electron chi connectivity index (χ1n) is 3.08. The molecule has 0 aliphatic heterocycles. The Morgan fingerprint density at radius 2 is 2.08 bits per heavy atom. The van der Waals surface area contributed by atoms with Gasteiger partial charge in [0.15, 0.2) is 5.97 Å². The molecule has 0 fully saturated rings. The van der Waals surface area contributed by atoms with Crippen LogP contribution in [-0.4, -0.2) is 10.5 Å². The minimum atomic E-state index is -1.31. The van der Waals surface area contributed by atoms with E-state index in [4.69, 9.17) is 23.2 Å². The van der Waals surface area contributed by atoms with Crippen LogP contribution >= 0.6 is 23.2 Å². The maximum Gasteiger partial charge on any atom is 0.306 e. The van der Waals surface area contributed by atoms with Crippen LogP contribution in [-0.2, 0) is 14.1 Å². The molecule has 66 valence electrons. The van der Waals surface area contributed by atoms with Gasteiger partial charge in [-0.25, -0.2) is 9.13 Å². The van der Waals surface area contributed by atoms with E-state index in [0.29, 0.717) is 0 Å². The number of imidazole rings is 1. The van der Waals surface area contributed by atoms with Crippen molar-refractivity contribution in [2.24, 2.45) is 14.1 Å². The van der Waals surface area contributed by atoms with Crippen LogP contribution in [0.2, 0.25) is 10.3 Å². The van der Waals surface area contributed by atoms with Crippen LogP contribution in [0.1, 0.15) is 10.6 Å². The number of hydrogen-bond donors (Lipinski definition) is 0. The molecule has 0 saturated carbocycles. The van der Waals surface area contributed by atoms with Crippen molar-refractivity contribution in [3.05, 3.63) is 16.1 Å². The van der Waals surface area contributed by atoms with E-state index in [2.05, 4.69) is 0 Å². The second kappa shape index (κ2) is 2.95. The third kappa shape index (κ3) is 1.17. The predicted octanol–water partition coefficient (Wildman–Crippen LogP) is -0.480. The molecule has 0 aliphatic carbocycles. The van der Waals surface area contributed by atoms with Crippen LogP contribution in [0.15, 0.2) is 0 Å². The van der Waals surface area contributed by atoms with Crippen LogP contribution in [0, 0.1) is 0 Å². The molecule has 0 spiro atoms. The molecule has 1 aromatic rings. The van der Waals surface area contributed by atoms with Crippen molar-refractivity contribution in [1.82, 2.24) is 4.57 Å². The Kier molecular flexibility index (Phi) is 2.30. The third-order valence-electron chi connectivity index (χ3n) is 1.58. The van der Waals surface area contributed by atoms with Gasteiger partial charge in [0.1, 0.15) is 0 Å². The first kappa shape index (κ1) is 9.35. The second-order valence-electron chi connectivity index (χ2n) is 2.31. The monoisotopic (exact) mass is 208 g/mol. The molecule has 1 heterocycles. The Morgan fingerprint density at radius 3 is 2.25 bits per heavy atom. The van der Waals surface area contributed by atoms with E-state index in [9.17, 15) is 9.90 Å². The standard InChI is InChI=1S/C6H6Cl2N2O2/c1-9-3(7)4(8)10(2)5(9)6(11)12/h1-2H3. The zero-order chi connectivity index (χ0) is 9.46. The molecule has 0 aromatic carbocycles. The lowest BCUT2D eigenvalue weighted by Gasteiger charge is -1.96. The van der Waals surface area contributed by atoms with Crippen molar-refractivity contribution in [3.63, 3.8) is 0 Å². The molecule has 0 radical (unpaired) electrons. The Balaban J connectivity index is 3.48. The zero-order valence-electron chi connectivity index (χ0n) is 6.47. The first-order chi connectivity index (χ1) is 5.46. The number of aromatic nitrogens is 2. The highest BCUT2D eigenvalue weighted by Crippen LogP contribution is 2.18. The molecule has 1 rings (SSSR count). The molecule has 0 amide bonds. The van der Waals surface area contributed by atoms with Gasteiger partial charge in [-0.2, -0.15) is 0 Å². The second-order valence-corrected chi connectivity index (χ2v) is 3.03. The van der Waals surface area contributed by atoms with Crippen molar-refractivity contribution in [3.8, 4) is 0 Å². The summed E-state index contributed by atoms with van der Waals surface area (Å²) in [6.07, 6.45) is 0. The van der Waals surface area contributed by atoms with Crippen molar-refractivity contribution >= 4 is 29.2 Å². The number of carbonyl (C=O) groups excluding carboxylic acids is 1. The molecule has 0 unspecified atom stereocenters. The molecule has 4 nitrogen and oxygen atoms in total. The fourth-order valence-electron chi connectivity index (χ4n) is 0.962. The van der Waals surface area contributed by atoms with Crippen molar-refractivity contribution in [2.75, 3.05) is 0 Å². The van der Waals surface area contributed by atoms with E-state index in [1.54, 1.807) is 0 Å². The summed E-state index contributed by atoms with van der Waals surface area (Å²) in [6, 6.07) is 0. The summed E-state index contributed by atoms with van der Waals surface area (Å²) in [6.45, 7) is 0. The van der Waals surface area contributed by atoms with Gasteiger partial charge in [0.2, 0.25) is 0 Å². The highest BCUT2D eigenvalue weighted by atomic mass is 35.5. The summed E-state index contributed by atoms with van der Waals surface area (Å²) in [5.74, 6) is -1.38. The summed E-state index contributed by atoms with van der Waals surface area (Å²) in [7, 11) is 3.00. The Labute approximate surface area is 78.9 Å². The quantitative estimate of drug-likeness (QED) is 0.586. The van der Waals surface area contributed by atoms with Crippen LogP contribution in [0.3, 0.4) is 0 Å². The van der Waals surface area contributed by atoms with E-state index in [-0.39, 0.29) is 16.1 Å². The number of carboxylic acid groups (broad SMARTS) is 1. The summed E-state index contributed by atoms with van der Waals surface area (Å²) in [4.78, 5) is 10.5. The molecule has 6 heteroatoms. The van der Waals surface area contributed by atoms with Gasteiger partial charge in [-0.05, 0) is 23.2 Å². The van der Waals surface area contributed by atoms with Gasteiger partial charge in [0.25, 0.3) is 10.3 Å². The van der Waals surface area contributed by atoms with Crippen LogP contribution < -0.4 is 9.67 Å². The van der Waals surface area contributed by atoms with Gasteiger partial charge in [0.05, 0.1) is 14.1 Å². The number of halogens is 2. The number of carboxylic acids is 1. The molecule has 0 atom stereocenters. The molecule has 0 aliphatic rings. The van der Waals surface area contributed by atoms with Gasteiger partial charge >= 0.3 is 5.82 Å². The lowest BCUT2D eigenvalue weighted by molar-refractivity contribution is -0.673. The van der Waals surface area contributed by atoms with E-state index in [0.717, 1.165) is 0 Å². The number of carbonyl (C=O) groups is 1. The molecule has 0 saturated heterocycles. The normalized spacial score (nSPS) is 10.3. The molecule has 0 N–H and O–H groups in total. The Hall–Kier alpha value is -0.740. The fourth-order valence-corrected chi connectivity index (χ4v) is 1.38. The van der Waals surface area contributed by atoms with E-state index < -0.39 is 5.97 Å². The van der Waals surface area contributed by atoms with Crippen LogP contribution in [0.5, 0.6) is 0 Å². The van der Waals surface area contributed by atoms with Crippen molar-refractivity contribution < 1.29 is 14.5 Å². The van der Waals surface area contributed by atoms with Gasteiger partial charge in [-0.15, -0.1) is 0 Å². The van der Waals surface area contributed by atoms with E-state index in [1.165, 1.54) is 23.2 Å². The van der Waals surface area contributed by atoms with Crippen LogP contribution in [0.4, 0.5) is 0 Å². The van der Waals surface area contributed by atoms with Crippen molar-refractivity contribution in [2.45, 2.75) is 0 Å². The zero-order valence-corrected chi connectivity index (χ0v) is 7.98. The average Bonchev–Trinajstić information content (AvgIpc) is 2.16. The predicted molar refractivity (Wildman–Crippen MR) is 40.9 cm³/mol. The lowest BCUT2D eigenvalue weighted by atomic mass is 10.6. The number of nitrogens with zero attached hydrogens (tertiary/aromatic N) is 2. The Bertz CT molecular complexity index is 320. The maximum absolute atomic E-state index is 10.5. The lowest BCUT2D eigenvalue weighted by Crippen LogP contribution is -2.41. The number of hydrogen-bond acceptors (Lipinski definition) is 2. The van der Waals surface area contributed by atoms with Crippen LogP contribution in [0.25, 0.3) is 0 Å². The maximum atomic E-state index is 10.5. The van der Waals surface area contributed by atoms with Crippen molar-refractivity contribution in [1.29, 1.82) is 0 Å². The highest BCUT2D eigenvalue weighted by molar-refractivity contribution is 6.40. The topological polar surface area (TPSA) is 48.9 Å². The largest absolute Gasteiger partial charge is 0.538 e. The first-order valence-corrected chi connectivity index (χ1v) is 3.83. The average molecular weight is 209 g/mol. The molecular weight excluding hydrogens is 203 g/mol. The smallest absolute Gasteiger partial charge is 0.306 e. The molecular formula is C6H6Cl2N2O2. The summed E-state index contributed by atoms with van der Waals surface area (Å²) in [5, 5.41) is 10.9. The molecule has 12 heavy (non-hydrogen) atoms. The fraction of sp³-hybridized carbons (Fsp3) is 0.333. The summed E-state index contributed by atoms with van der Waals surface area (Å²) >= 11 is 11.3. The van der Waals surface area contributed by atoms with Gasteiger partial charge in [-0.3, -0.25) is 0 Å². The summed E-state index contributed by atoms with van der Waals surface area (Å²) < 4.78 is 2.50. The minimum absolute atomic E-state index is 0.0648. The third-order valence-corrected chi connectivity index (χ3v) is 2.54. The molecule has 0 bridgehead atoms. The molecule has 1 aromatic heterocycles. The van der Waals surface area contributed by atoms with E-state index >= 15 is 0 Å². The SMILES string of the molecule is Cn1c(Cl)c(Cl)[n+](C)c1C(=O)[O-]. The highest BCUT2D eigenvalue weighted by Gasteiger charge is 2.24. The van der Waals surface area contributed by atoms with E-state index in [1.807, 2.05) is 0 Å². The Morgan fingerprint density at radius 1 is 1.58 bits per heavy atom. The summed E-state index contributed by atoms with van der Waals surface area (Å²) in [5.41, 5.74) is 0. The van der Waals surface area contributed by atoms with Gasteiger partial charge in [0, 0.05) is 0 Å². The number of aromatic carboxylic acids is 1. The van der Waals surface area contributed by atoms with Gasteiger partial charge < -0.3 is 9.90 Å².